The van der Waals surface area contributed by atoms with Gasteiger partial charge in [0.2, 0.25) is 11.8 Å². The predicted molar refractivity (Wildman–Crippen MR) is 45.3 cm³/mol. The van der Waals surface area contributed by atoms with E-state index in [0.717, 1.165) is 0 Å². The van der Waals surface area contributed by atoms with E-state index < -0.39 is 35.9 Å². The van der Waals surface area contributed by atoms with Crippen LogP contribution < -0.4 is 5.31 Å². The van der Waals surface area contributed by atoms with Gasteiger partial charge in [-0.2, -0.15) is 0 Å². The Morgan fingerprint density at radius 1 is 1.58 bits per heavy atom. The molecule has 1 fully saturated rings. The molecule has 3 heteroatoms. The normalized spacial score (nSPS) is 34.1. The molecule has 0 spiro atoms. The summed E-state index contributed by atoms with van der Waals surface area (Å²) in [4.78, 5) is 22.8. The van der Waals surface area contributed by atoms with E-state index in [1.807, 2.05) is 0 Å². The highest BCUT2D eigenvalue weighted by Gasteiger charge is 2.35. The first-order valence-electron chi connectivity index (χ1n) is 5.38. The van der Waals surface area contributed by atoms with E-state index in [9.17, 15) is 9.59 Å². The highest BCUT2D eigenvalue weighted by Crippen LogP contribution is 2.31. The van der Waals surface area contributed by atoms with Gasteiger partial charge < -0.3 is 0 Å². The monoisotopic (exact) mass is 172 g/mol. The maximum absolute atomic E-state index is 11.7. The van der Waals surface area contributed by atoms with Crippen molar-refractivity contribution in [1.82, 2.24) is 5.31 Å². The van der Waals surface area contributed by atoms with Crippen LogP contribution in [0.25, 0.3) is 0 Å². The van der Waals surface area contributed by atoms with Gasteiger partial charge in [0.1, 0.15) is 0 Å². The van der Waals surface area contributed by atoms with Crippen molar-refractivity contribution in [1.29, 1.82) is 0 Å². The fourth-order valence-corrected chi connectivity index (χ4v) is 1.18. The Morgan fingerprint density at radius 3 is 2.67 bits per heavy atom. The maximum atomic E-state index is 11.7. The summed E-state index contributed by atoms with van der Waals surface area (Å²) in [6, 6.07) is 0. The van der Waals surface area contributed by atoms with Crippen molar-refractivity contribution in [2.24, 2.45) is 11.3 Å². The molecular formula is C9H15NO2. The van der Waals surface area contributed by atoms with Gasteiger partial charge in [0.25, 0.3) is 0 Å². The quantitative estimate of drug-likeness (QED) is 0.556. The first kappa shape index (κ1) is 5.73. The number of piperidine rings is 1. The standard InChI is InChI=1S/C9H15NO2/c1-9(2,3)6-4-5-7(11)10-8(6)12/h6H,4-5H2,1-3H3,(H,10,11,12)/i4D2/hD. The van der Waals surface area contributed by atoms with Crippen LogP contribution in [0.3, 0.4) is 0 Å². The Kier molecular flexibility index (Phi) is 1.38. The Labute approximate surface area is 76.8 Å². The highest BCUT2D eigenvalue weighted by molar-refractivity contribution is 5.98. The molecular weight excluding hydrogens is 154 g/mol. The van der Waals surface area contributed by atoms with E-state index in [4.69, 9.17) is 4.15 Å². The number of imide groups is 1. The van der Waals surface area contributed by atoms with E-state index in [1.165, 1.54) is 0 Å². The Bertz CT molecular complexity index is 309. The molecule has 1 aliphatic heterocycles. The van der Waals surface area contributed by atoms with Gasteiger partial charge in [-0.1, -0.05) is 20.8 Å². The second-order valence-corrected chi connectivity index (χ2v) is 4.02. The zero-order chi connectivity index (χ0) is 12.0. The molecule has 0 bridgehead atoms. The number of carbonyl (C=O) groups excluding carboxylic acids is 2. The van der Waals surface area contributed by atoms with Gasteiger partial charge in [0.05, 0.1) is 0 Å². The first-order valence-corrected chi connectivity index (χ1v) is 3.93. The molecule has 12 heavy (non-hydrogen) atoms. The SMILES string of the molecule is [2H]N1C(=O)CC([2H])([2H])C(C(C)(C)C)C1=O. The van der Waals surface area contributed by atoms with Crippen LogP contribution in [0.1, 0.15) is 36.3 Å². The number of rotatable bonds is 0. The summed E-state index contributed by atoms with van der Waals surface area (Å²) in [5, 5.41) is 0.289. The van der Waals surface area contributed by atoms with Crippen LogP contribution in [0.2, 0.25) is 1.41 Å². The van der Waals surface area contributed by atoms with E-state index in [2.05, 4.69) is 0 Å². The van der Waals surface area contributed by atoms with Crippen LogP contribution >= 0.6 is 0 Å². The average molecular weight is 172 g/mol. The topological polar surface area (TPSA) is 46.2 Å². The van der Waals surface area contributed by atoms with Crippen molar-refractivity contribution in [3.05, 3.63) is 0 Å². The van der Waals surface area contributed by atoms with Crippen molar-refractivity contribution >= 4 is 11.8 Å². The summed E-state index contributed by atoms with van der Waals surface area (Å²) in [6.07, 6.45) is -2.26. The number of carbonyl (C=O) groups is 2. The molecule has 1 heterocycles. The molecule has 0 aliphatic carbocycles. The van der Waals surface area contributed by atoms with Crippen LogP contribution in [0.4, 0.5) is 0 Å². The molecule has 1 saturated heterocycles. The molecule has 3 nitrogen and oxygen atoms in total. The van der Waals surface area contributed by atoms with Crippen LogP contribution in [-0.2, 0) is 9.59 Å². The largest absolute Gasteiger partial charge is 0.296 e. The molecule has 0 aromatic carbocycles. The predicted octanol–water partition coefficient (Wildman–Crippen LogP) is 1.09. The summed E-state index contributed by atoms with van der Waals surface area (Å²) in [5.41, 5.74) is -0.597. The fraction of sp³-hybridized carbons (Fsp3) is 0.778. The van der Waals surface area contributed by atoms with Gasteiger partial charge in [-0.15, -0.1) is 0 Å². The van der Waals surface area contributed by atoms with E-state index in [1.54, 1.807) is 20.8 Å². The molecule has 1 unspecified atom stereocenters. The third-order valence-corrected chi connectivity index (χ3v) is 1.81. The molecule has 0 aromatic rings. The molecule has 1 aliphatic rings. The third-order valence-electron chi connectivity index (χ3n) is 1.81. The Morgan fingerprint density at radius 2 is 2.17 bits per heavy atom. The number of hydrogen-bond donors (Lipinski definition) is 1. The van der Waals surface area contributed by atoms with Crippen LogP contribution in [0.5, 0.6) is 0 Å². The summed E-state index contributed by atoms with van der Waals surface area (Å²) < 4.78 is 22.6. The van der Waals surface area contributed by atoms with Crippen LogP contribution in [-0.4, -0.2) is 11.8 Å². The van der Waals surface area contributed by atoms with Crippen molar-refractivity contribution in [3.8, 4) is 0 Å². The summed E-state index contributed by atoms with van der Waals surface area (Å²) >= 11 is 0. The lowest BCUT2D eigenvalue weighted by Gasteiger charge is -2.31. The minimum absolute atomic E-state index is 0.289. The van der Waals surface area contributed by atoms with Crippen LogP contribution in [0.15, 0.2) is 0 Å². The molecule has 68 valence electrons. The van der Waals surface area contributed by atoms with Crippen LogP contribution in [0, 0.1) is 11.3 Å². The zero-order valence-electron chi connectivity index (χ0n) is 10.5. The maximum Gasteiger partial charge on any atom is 0.230 e. The molecule has 1 rings (SSSR count). The van der Waals surface area contributed by atoms with E-state index in [-0.39, 0.29) is 5.31 Å². The minimum atomic E-state index is -1.86. The number of amides is 2. The second kappa shape index (κ2) is 2.88. The van der Waals surface area contributed by atoms with Gasteiger partial charge in [0.15, 0.2) is 1.41 Å². The lowest BCUT2D eigenvalue weighted by Crippen LogP contribution is -2.45. The van der Waals surface area contributed by atoms with Crippen molar-refractivity contribution in [2.45, 2.75) is 33.6 Å². The van der Waals surface area contributed by atoms with Crippen molar-refractivity contribution in [2.75, 3.05) is 0 Å². The third kappa shape index (κ3) is 1.84. The Hall–Kier alpha value is -0.860. The van der Waals surface area contributed by atoms with Crippen molar-refractivity contribution in [3.63, 3.8) is 0 Å². The van der Waals surface area contributed by atoms with Gasteiger partial charge in [-0.3, -0.25) is 14.9 Å². The lowest BCUT2D eigenvalue weighted by molar-refractivity contribution is -0.139. The van der Waals surface area contributed by atoms with Gasteiger partial charge in [-0.05, 0) is 11.8 Å². The van der Waals surface area contributed by atoms with E-state index in [0.29, 0.717) is 0 Å². The summed E-state index contributed by atoms with van der Waals surface area (Å²) in [6.45, 7) is 5.20. The van der Waals surface area contributed by atoms with E-state index >= 15 is 0 Å². The zero-order valence-corrected chi connectivity index (χ0v) is 7.55. The van der Waals surface area contributed by atoms with Gasteiger partial charge >= 0.3 is 0 Å². The molecule has 1 atom stereocenters. The van der Waals surface area contributed by atoms with Crippen molar-refractivity contribution < 1.29 is 13.7 Å². The smallest absolute Gasteiger partial charge is 0.230 e. The summed E-state index contributed by atoms with van der Waals surface area (Å²) in [5.74, 6) is -2.46. The molecule has 1 N–H and O–H groups in total. The Balaban J connectivity index is 3.13. The fourth-order valence-electron chi connectivity index (χ4n) is 1.18. The number of hydrogen-bond acceptors (Lipinski definition) is 2. The first-order chi connectivity index (χ1) is 6.57. The van der Waals surface area contributed by atoms with Gasteiger partial charge in [0, 0.05) is 15.1 Å². The summed E-state index contributed by atoms with van der Waals surface area (Å²) in [7, 11) is 0. The lowest BCUT2D eigenvalue weighted by atomic mass is 9.76. The van der Waals surface area contributed by atoms with Gasteiger partial charge in [-0.25, -0.2) is 0 Å². The number of nitrogens with one attached hydrogen (secondary N) is 1. The molecule has 0 radical (unpaired) electrons. The molecule has 0 aromatic heterocycles. The molecule has 2 amide bonds. The second-order valence-electron chi connectivity index (χ2n) is 4.02. The molecule has 0 saturated carbocycles. The minimum Gasteiger partial charge on any atom is -0.296 e. The highest BCUT2D eigenvalue weighted by atomic mass is 16.2. The average Bonchev–Trinajstić information content (AvgIpc) is 1.95.